The molecule has 2 atom stereocenters. The number of halogens is 2. The fourth-order valence-electron chi connectivity index (χ4n) is 2.79. The molecule has 1 aromatic carbocycles. The first-order chi connectivity index (χ1) is 12.2. The summed E-state index contributed by atoms with van der Waals surface area (Å²) < 4.78 is 9.45. The summed E-state index contributed by atoms with van der Waals surface area (Å²) >= 11 is 11.9. The fraction of sp³-hybridized carbons (Fsp3) is 0.556. The molecule has 0 spiro atoms. The zero-order valence-electron chi connectivity index (χ0n) is 14.8. The van der Waals surface area contributed by atoms with Crippen molar-refractivity contribution in [1.82, 2.24) is 0 Å². The second-order valence-corrected chi connectivity index (χ2v) is 8.38. The first-order valence-corrected chi connectivity index (χ1v) is 9.31. The number of amides is 1. The molecule has 2 aliphatic rings. The Balaban J connectivity index is 1.53. The van der Waals surface area contributed by atoms with E-state index in [0.717, 1.165) is 18.8 Å². The number of nitrogens with zero attached hydrogens (tertiary/aromatic N) is 1. The molecule has 1 aliphatic carbocycles. The molecule has 0 radical (unpaired) electrons. The van der Waals surface area contributed by atoms with Gasteiger partial charge in [0.1, 0.15) is 9.75 Å². The molecule has 2 fully saturated rings. The first-order valence-electron chi connectivity index (χ1n) is 8.55. The van der Waals surface area contributed by atoms with Crippen LogP contribution >= 0.6 is 23.2 Å². The highest BCUT2D eigenvalue weighted by Crippen LogP contribution is 2.64. The number of morpholine rings is 1. The van der Waals surface area contributed by atoms with E-state index >= 15 is 0 Å². The van der Waals surface area contributed by atoms with Crippen LogP contribution in [0.5, 0.6) is 0 Å². The van der Waals surface area contributed by atoms with Crippen molar-refractivity contribution in [3.8, 4) is 0 Å². The number of esters is 1. The molecule has 0 unspecified atom stereocenters. The van der Waals surface area contributed by atoms with E-state index in [9.17, 15) is 9.59 Å². The summed E-state index contributed by atoms with van der Waals surface area (Å²) in [5.74, 6) is -0.968. The molecule has 1 heterocycles. The highest BCUT2D eigenvalue weighted by atomic mass is 35.5. The maximum atomic E-state index is 12.3. The average Bonchev–Trinajstić information content (AvgIpc) is 3.15. The number of anilines is 2. The summed E-state index contributed by atoms with van der Waals surface area (Å²) in [5.41, 5.74) is 0.759. The van der Waals surface area contributed by atoms with E-state index in [2.05, 4.69) is 10.2 Å². The molecule has 26 heavy (non-hydrogen) atoms. The summed E-state index contributed by atoms with van der Waals surface area (Å²) in [4.78, 5) is 26.6. The largest absolute Gasteiger partial charge is 0.452 e. The van der Waals surface area contributed by atoms with Crippen LogP contribution in [0.4, 0.5) is 11.4 Å². The highest BCUT2D eigenvalue weighted by molar-refractivity contribution is 6.53. The molecule has 1 saturated heterocycles. The zero-order valence-corrected chi connectivity index (χ0v) is 16.3. The van der Waals surface area contributed by atoms with Crippen molar-refractivity contribution >= 4 is 46.5 Å². The zero-order chi connectivity index (χ0) is 18.9. The van der Waals surface area contributed by atoms with Crippen molar-refractivity contribution in [3.63, 3.8) is 0 Å². The van der Waals surface area contributed by atoms with Crippen LogP contribution in [0.2, 0.25) is 0 Å². The Kier molecular flexibility index (Phi) is 5.37. The molecule has 0 bridgehead atoms. The van der Waals surface area contributed by atoms with Crippen molar-refractivity contribution < 1.29 is 19.1 Å². The van der Waals surface area contributed by atoms with Gasteiger partial charge >= 0.3 is 5.97 Å². The van der Waals surface area contributed by atoms with E-state index in [1.165, 1.54) is 6.92 Å². The lowest BCUT2D eigenvalue weighted by Gasteiger charge is -2.29. The van der Waals surface area contributed by atoms with Gasteiger partial charge in [-0.15, -0.1) is 23.2 Å². The van der Waals surface area contributed by atoms with Crippen LogP contribution in [0, 0.1) is 5.41 Å². The molecule has 1 saturated carbocycles. The highest BCUT2D eigenvalue weighted by Gasteiger charge is 2.69. The number of carbonyl (C=O) groups excluding carboxylic acids is 2. The Labute approximate surface area is 162 Å². The Bertz CT molecular complexity index is 689. The molecule has 1 aliphatic heterocycles. The van der Waals surface area contributed by atoms with Gasteiger partial charge in [0.15, 0.2) is 6.10 Å². The smallest absolute Gasteiger partial charge is 0.315 e. The monoisotopic (exact) mass is 400 g/mol. The van der Waals surface area contributed by atoms with Crippen molar-refractivity contribution in [2.45, 2.75) is 30.7 Å². The van der Waals surface area contributed by atoms with Crippen LogP contribution in [0.15, 0.2) is 24.3 Å². The van der Waals surface area contributed by atoms with Crippen LogP contribution in [0.25, 0.3) is 0 Å². The third-order valence-electron chi connectivity index (χ3n) is 4.87. The second kappa shape index (κ2) is 7.25. The summed E-state index contributed by atoms with van der Waals surface area (Å²) in [5, 5.41) is 2.74. The molecule has 0 aromatic heterocycles. The minimum absolute atomic E-state index is 0.319. The molecule has 1 amide bonds. The van der Waals surface area contributed by atoms with Gasteiger partial charge in [0.05, 0.1) is 13.2 Å². The molecule has 1 N–H and O–H groups in total. The Morgan fingerprint density at radius 1 is 1.23 bits per heavy atom. The van der Waals surface area contributed by atoms with E-state index in [0.29, 0.717) is 25.3 Å². The SMILES string of the molecule is C[C@@H](OC(=O)[C@]1(C)CC1(Cl)Cl)C(=O)Nc1ccc(N2CCOCC2)cc1. The lowest BCUT2D eigenvalue weighted by atomic mass is 10.1. The van der Waals surface area contributed by atoms with Gasteiger partial charge in [-0.1, -0.05) is 0 Å². The van der Waals surface area contributed by atoms with E-state index in [4.69, 9.17) is 32.7 Å². The van der Waals surface area contributed by atoms with E-state index in [1.54, 1.807) is 6.92 Å². The van der Waals surface area contributed by atoms with Gasteiger partial charge in [-0.3, -0.25) is 9.59 Å². The number of rotatable bonds is 5. The van der Waals surface area contributed by atoms with Gasteiger partial charge in [0, 0.05) is 30.9 Å². The van der Waals surface area contributed by atoms with Crippen LogP contribution in [-0.2, 0) is 19.1 Å². The molecular formula is C18H22Cl2N2O4. The standard InChI is InChI=1S/C18H22Cl2N2O4/c1-12(26-16(24)17(2)11-18(17,19)20)15(23)21-13-3-5-14(6-4-13)22-7-9-25-10-8-22/h3-6,12H,7-11H2,1-2H3,(H,21,23)/t12-,17+/m1/s1. The predicted octanol–water partition coefficient (Wildman–Crippen LogP) is 2.98. The van der Waals surface area contributed by atoms with E-state index in [-0.39, 0.29) is 0 Å². The second-order valence-electron chi connectivity index (χ2n) is 6.90. The maximum Gasteiger partial charge on any atom is 0.315 e. The number of benzene rings is 1. The van der Waals surface area contributed by atoms with Crippen LogP contribution in [0.1, 0.15) is 20.3 Å². The van der Waals surface area contributed by atoms with Gasteiger partial charge in [0.2, 0.25) is 0 Å². The molecule has 1 aromatic rings. The minimum atomic E-state index is -1.12. The first kappa shape index (κ1) is 19.3. The molecule has 6 nitrogen and oxygen atoms in total. The van der Waals surface area contributed by atoms with Crippen molar-refractivity contribution in [1.29, 1.82) is 0 Å². The number of ether oxygens (including phenoxy) is 2. The number of carbonyl (C=O) groups is 2. The normalized spacial score (nSPS) is 25.3. The van der Waals surface area contributed by atoms with Gasteiger partial charge < -0.3 is 19.7 Å². The molecule has 8 heteroatoms. The van der Waals surface area contributed by atoms with Crippen molar-refractivity contribution in [3.05, 3.63) is 24.3 Å². The van der Waals surface area contributed by atoms with Crippen LogP contribution in [-0.4, -0.2) is 48.6 Å². The number of hydrogen-bond acceptors (Lipinski definition) is 5. The van der Waals surface area contributed by atoms with Gasteiger partial charge in [0.25, 0.3) is 5.91 Å². The number of hydrogen-bond donors (Lipinski definition) is 1. The van der Waals surface area contributed by atoms with Gasteiger partial charge in [-0.25, -0.2) is 0 Å². The Morgan fingerprint density at radius 3 is 2.35 bits per heavy atom. The topological polar surface area (TPSA) is 67.9 Å². The molecular weight excluding hydrogens is 379 g/mol. The third-order valence-corrected chi connectivity index (χ3v) is 5.97. The summed E-state index contributed by atoms with van der Waals surface area (Å²) in [6.45, 7) is 6.27. The van der Waals surface area contributed by atoms with E-state index in [1.807, 2.05) is 24.3 Å². The Hall–Kier alpha value is -1.50. The lowest BCUT2D eigenvalue weighted by molar-refractivity contribution is -0.158. The maximum absolute atomic E-state index is 12.3. The fourth-order valence-corrected chi connectivity index (χ4v) is 3.48. The summed E-state index contributed by atoms with van der Waals surface area (Å²) in [6, 6.07) is 7.53. The molecule has 3 rings (SSSR count). The number of nitrogens with one attached hydrogen (secondary N) is 1. The molecule has 142 valence electrons. The van der Waals surface area contributed by atoms with Crippen LogP contribution in [0.3, 0.4) is 0 Å². The summed E-state index contributed by atoms with van der Waals surface area (Å²) in [7, 11) is 0. The lowest BCUT2D eigenvalue weighted by Crippen LogP contribution is -2.36. The quantitative estimate of drug-likeness (QED) is 0.607. The third kappa shape index (κ3) is 3.92. The Morgan fingerprint density at radius 2 is 1.81 bits per heavy atom. The predicted molar refractivity (Wildman–Crippen MR) is 101 cm³/mol. The minimum Gasteiger partial charge on any atom is -0.452 e. The summed E-state index contributed by atoms with van der Waals surface area (Å²) in [6.07, 6.45) is -0.623. The average molecular weight is 401 g/mol. The van der Waals surface area contributed by atoms with Crippen molar-refractivity contribution in [2.24, 2.45) is 5.41 Å². The van der Waals surface area contributed by atoms with E-state index < -0.39 is 27.7 Å². The van der Waals surface area contributed by atoms with Gasteiger partial charge in [-0.2, -0.15) is 0 Å². The van der Waals surface area contributed by atoms with Crippen molar-refractivity contribution in [2.75, 3.05) is 36.5 Å². The number of alkyl halides is 2. The van der Waals surface area contributed by atoms with Crippen LogP contribution < -0.4 is 10.2 Å². The van der Waals surface area contributed by atoms with Gasteiger partial charge in [-0.05, 0) is 38.1 Å².